The van der Waals surface area contributed by atoms with Crippen LogP contribution in [0.4, 0.5) is 5.82 Å². The van der Waals surface area contributed by atoms with Crippen molar-refractivity contribution in [3.05, 3.63) is 47.1 Å². The molecule has 3 unspecified atom stereocenters. The van der Waals surface area contributed by atoms with Gasteiger partial charge < -0.3 is 60.0 Å². The van der Waals surface area contributed by atoms with Crippen LogP contribution < -0.4 is 11.4 Å². The average molecular weight is 1070 g/mol. The minimum absolute atomic E-state index is 0.00173. The highest BCUT2D eigenvalue weighted by Gasteiger charge is 2.44. The summed E-state index contributed by atoms with van der Waals surface area (Å²) in [5.41, 5.74) is 4.75. The van der Waals surface area contributed by atoms with Crippen molar-refractivity contribution in [2.45, 2.75) is 217 Å². The molecule has 414 valence electrons. The Bertz CT molecular complexity index is 1920. The molecule has 2 aliphatic rings. The van der Waals surface area contributed by atoms with Crippen molar-refractivity contribution < 1.29 is 86.3 Å². The molecule has 1 aromatic rings. The Balaban J connectivity index is 1.86. The number of hydrogen-bond acceptors (Lipinski definition) is 19. The van der Waals surface area contributed by atoms with Gasteiger partial charge in [0.2, 0.25) is 0 Å². The van der Waals surface area contributed by atoms with Gasteiger partial charge in [0.15, 0.2) is 12.4 Å². The van der Waals surface area contributed by atoms with Gasteiger partial charge in [-0.25, -0.2) is 13.9 Å². The zero-order chi connectivity index (χ0) is 52.9. The fourth-order valence-electron chi connectivity index (χ4n) is 8.23. The number of nitrogens with zero attached hydrogens (tertiary/aromatic N) is 2. The predicted octanol–water partition coefficient (Wildman–Crippen LogP) is 6.33. The van der Waals surface area contributed by atoms with Gasteiger partial charge in [0.05, 0.1) is 25.4 Å². The number of unbranched alkanes of at least 4 members (excludes halogenated alkanes) is 14. The zero-order valence-corrected chi connectivity index (χ0v) is 43.8. The minimum atomic E-state index is -5.73. The maximum atomic E-state index is 13.4. The SMILES string of the molecule is CCCCCCCCCCCCCCCC(=O)O[C@@H]1COC(=O)CCCC=CC[C@@H]2[C@H](n3ccc(N)nc3=O)O[C@H](COP(=O)(O)OP(=O)(O)OC1)[C@@H](O)[C@@H](O)[C@@H](/C=C/[C@@H](O)CCCCC)OC(O)C[C@@H]2O. The lowest BCUT2D eigenvalue weighted by atomic mass is 9.92. The number of aromatic nitrogens is 2. The average Bonchev–Trinajstić information content (AvgIpc) is 3.32. The zero-order valence-electron chi connectivity index (χ0n) is 42.0. The number of phosphoric acid groups is 2. The number of ether oxygens (including phenoxy) is 4. The third-order valence-corrected chi connectivity index (χ3v) is 14.9. The van der Waals surface area contributed by atoms with E-state index in [1.807, 2.05) is 6.92 Å². The summed E-state index contributed by atoms with van der Waals surface area (Å²) in [7, 11) is -11.3. The maximum Gasteiger partial charge on any atom is 0.481 e. The lowest BCUT2D eigenvalue weighted by Gasteiger charge is -2.36. The molecule has 0 aliphatic carbocycles. The highest BCUT2D eigenvalue weighted by molar-refractivity contribution is 7.61. The molecule has 2 bridgehead atoms. The van der Waals surface area contributed by atoms with Gasteiger partial charge in [-0.2, -0.15) is 9.29 Å². The summed E-state index contributed by atoms with van der Waals surface area (Å²) < 4.78 is 64.7. The number of cyclic esters (lactones) is 1. The number of aliphatic hydroxyl groups excluding tert-OH is 5. The number of carbonyl (C=O) groups excluding carboxylic acids is 2. The molecule has 72 heavy (non-hydrogen) atoms. The van der Waals surface area contributed by atoms with E-state index in [0.29, 0.717) is 19.3 Å². The van der Waals surface area contributed by atoms with Gasteiger partial charge in [-0.3, -0.25) is 23.2 Å². The summed E-state index contributed by atoms with van der Waals surface area (Å²) in [6, 6.07) is 1.22. The van der Waals surface area contributed by atoms with Gasteiger partial charge >= 0.3 is 33.3 Å². The van der Waals surface area contributed by atoms with Crippen molar-refractivity contribution in [1.29, 1.82) is 0 Å². The Morgan fingerprint density at radius 2 is 1.46 bits per heavy atom. The number of anilines is 1. The van der Waals surface area contributed by atoms with E-state index >= 15 is 0 Å². The predicted molar refractivity (Wildman–Crippen MR) is 265 cm³/mol. The molecule has 0 aromatic carbocycles. The molecule has 1 fully saturated rings. The van der Waals surface area contributed by atoms with E-state index in [2.05, 4.69) is 16.2 Å². The molecule has 1 aromatic heterocycles. The Hall–Kier alpha value is -2.92. The molecule has 22 nitrogen and oxygen atoms in total. The second-order valence-corrected chi connectivity index (χ2v) is 21.6. The van der Waals surface area contributed by atoms with Crippen LogP contribution in [-0.4, -0.2) is 126 Å². The van der Waals surface area contributed by atoms with Gasteiger partial charge in [0, 0.05) is 31.4 Å². The number of nitrogens with two attached hydrogens (primary N) is 1. The number of esters is 2. The molecule has 9 N–H and O–H groups in total. The van der Waals surface area contributed by atoms with E-state index in [-0.39, 0.29) is 37.9 Å². The van der Waals surface area contributed by atoms with E-state index < -0.39 is 121 Å². The molecule has 0 amide bonds. The minimum Gasteiger partial charge on any atom is -0.462 e. The summed E-state index contributed by atoms with van der Waals surface area (Å²) >= 11 is 0. The highest BCUT2D eigenvalue weighted by atomic mass is 31.3. The first-order chi connectivity index (χ1) is 34.3. The van der Waals surface area contributed by atoms with Crippen LogP contribution in [-0.2, 0) is 51.0 Å². The van der Waals surface area contributed by atoms with Crippen molar-refractivity contribution in [2.24, 2.45) is 5.92 Å². The highest BCUT2D eigenvalue weighted by Crippen LogP contribution is 2.60. The number of nitrogen functional groups attached to an aromatic ring is 1. The third kappa shape index (κ3) is 25.5. The summed E-state index contributed by atoms with van der Waals surface area (Å²) in [5, 5.41) is 56.8. The van der Waals surface area contributed by atoms with Gasteiger partial charge in [-0.15, -0.1) is 0 Å². The first-order valence-electron chi connectivity index (χ1n) is 25.7. The van der Waals surface area contributed by atoms with Gasteiger partial charge in [-0.1, -0.05) is 134 Å². The topological polar surface area (TPSA) is 335 Å². The van der Waals surface area contributed by atoms with Gasteiger partial charge in [-0.05, 0) is 38.2 Å². The normalized spacial score (nSPS) is 30.5. The fraction of sp³-hybridized carbons (Fsp3) is 0.792. The molecule has 3 heterocycles. The number of allylic oxidation sites excluding steroid dienone is 2. The maximum absolute atomic E-state index is 13.4. The fourth-order valence-corrected chi connectivity index (χ4v) is 10.3. The van der Waals surface area contributed by atoms with Crippen LogP contribution in [0, 0.1) is 5.92 Å². The summed E-state index contributed by atoms with van der Waals surface area (Å²) in [4.78, 5) is 64.2. The Morgan fingerprint density at radius 1 is 0.847 bits per heavy atom. The number of aliphatic hydroxyl groups is 5. The molecular formula is C48H83N3O19P2. The second kappa shape index (κ2) is 34.6. The monoisotopic (exact) mass is 1070 g/mol. The molecule has 3 rings (SSSR count). The quantitative estimate of drug-likeness (QED) is 0.0272. The number of fused-ring (bicyclic) bond motifs is 3. The number of rotatable bonds is 22. The van der Waals surface area contributed by atoms with E-state index in [4.69, 9.17) is 33.7 Å². The van der Waals surface area contributed by atoms with Crippen molar-refractivity contribution >= 4 is 33.4 Å². The first-order valence-corrected chi connectivity index (χ1v) is 28.7. The first kappa shape index (κ1) is 63.4. The molecule has 2 aliphatic heterocycles. The number of hydrogen-bond donors (Lipinski definition) is 8. The number of carbonyl (C=O) groups is 2. The van der Waals surface area contributed by atoms with Crippen molar-refractivity contribution in [1.82, 2.24) is 9.55 Å². The summed E-state index contributed by atoms with van der Waals surface area (Å²) in [6.07, 6.45) is 8.08. The standard InChI is InChI=1S/C48H83N3O19P2/c1-3-5-7-8-9-10-11-12-13-14-15-16-22-26-43(55)67-36-32-64-42(54)25-21-18-17-20-24-37-38(53)31-44(56)68-39(28-27-35(52)23-19-6-4-2)45(57)46(58)40(34-66-72(62,63)70-71(60,61)65-33-36)69-47(37)51-30-29-41(49)50-48(51)59/h17,20,27-30,35-40,44-47,52-53,56-58H,3-16,18-19,21-26,31-34H2,1-2H3,(H,60,61)(H,62,63)(H2,49,50,59)/b20-17?,28-27+/t35-,36+,37-,38-,39+,40+,44?,45-,46+,47+/m0/s1. The molecular weight excluding hydrogens is 984 g/mol. The molecule has 0 radical (unpaired) electrons. The van der Waals surface area contributed by atoms with Crippen LogP contribution in [0.15, 0.2) is 41.4 Å². The van der Waals surface area contributed by atoms with Crippen LogP contribution in [0.2, 0.25) is 0 Å². The smallest absolute Gasteiger partial charge is 0.462 e. The Labute approximate surface area is 423 Å². The van der Waals surface area contributed by atoms with Crippen molar-refractivity contribution in [2.75, 3.05) is 25.6 Å². The van der Waals surface area contributed by atoms with Crippen LogP contribution >= 0.6 is 15.6 Å². The van der Waals surface area contributed by atoms with Crippen LogP contribution in [0.25, 0.3) is 0 Å². The van der Waals surface area contributed by atoms with Gasteiger partial charge in [0.1, 0.15) is 43.1 Å². The lowest BCUT2D eigenvalue weighted by molar-refractivity contribution is -0.192. The van der Waals surface area contributed by atoms with Crippen LogP contribution in [0.1, 0.15) is 168 Å². The summed E-state index contributed by atoms with van der Waals surface area (Å²) in [5.74, 6) is -2.85. The molecule has 24 heteroatoms. The Morgan fingerprint density at radius 3 is 2.10 bits per heavy atom. The molecule has 0 spiro atoms. The summed E-state index contributed by atoms with van der Waals surface area (Å²) in [6.45, 7) is 1.42. The lowest BCUT2D eigenvalue weighted by Crippen LogP contribution is -2.49. The van der Waals surface area contributed by atoms with Crippen molar-refractivity contribution in [3.8, 4) is 0 Å². The van der Waals surface area contributed by atoms with E-state index in [1.165, 1.54) is 63.2 Å². The van der Waals surface area contributed by atoms with Gasteiger partial charge in [0.25, 0.3) is 0 Å². The van der Waals surface area contributed by atoms with E-state index in [9.17, 15) is 58.8 Å². The van der Waals surface area contributed by atoms with Crippen LogP contribution in [0.5, 0.6) is 0 Å². The van der Waals surface area contributed by atoms with Crippen LogP contribution in [0.3, 0.4) is 0 Å². The third-order valence-electron chi connectivity index (χ3n) is 12.3. The second-order valence-electron chi connectivity index (χ2n) is 18.6. The molecule has 12 atom stereocenters. The molecule has 0 saturated carbocycles. The van der Waals surface area contributed by atoms with E-state index in [1.54, 1.807) is 12.2 Å². The Kier molecular flexibility index (Phi) is 30.5. The number of phosphoric ester groups is 2. The van der Waals surface area contributed by atoms with Crippen molar-refractivity contribution in [3.63, 3.8) is 0 Å². The largest absolute Gasteiger partial charge is 0.481 e. The van der Waals surface area contributed by atoms with E-state index in [0.717, 1.165) is 55.7 Å². The molecule has 1 saturated heterocycles.